The minimum atomic E-state index is -0.110. The van der Waals surface area contributed by atoms with Crippen molar-refractivity contribution in [2.24, 2.45) is 11.8 Å². The van der Waals surface area contributed by atoms with E-state index in [4.69, 9.17) is 5.84 Å². The maximum absolute atomic E-state index is 12.1. The molecule has 0 aromatic carbocycles. The molecule has 1 heterocycles. The number of aromatic nitrogens is 1. The molecule has 0 radical (unpaired) electrons. The van der Waals surface area contributed by atoms with Crippen LogP contribution in [0.5, 0.6) is 0 Å². The molecule has 1 fully saturated rings. The normalized spacial score (nSPS) is 17.8. The Morgan fingerprint density at radius 1 is 1.37 bits per heavy atom. The lowest BCUT2D eigenvalue weighted by Gasteiger charge is -2.28. The fraction of sp³-hybridized carbons (Fsp3) is 0.571. The van der Waals surface area contributed by atoms with Gasteiger partial charge >= 0.3 is 0 Å². The highest BCUT2D eigenvalue weighted by atomic mass is 16.1. The lowest BCUT2D eigenvalue weighted by Crippen LogP contribution is -2.39. The van der Waals surface area contributed by atoms with Crippen molar-refractivity contribution in [2.45, 2.75) is 45.1 Å². The van der Waals surface area contributed by atoms with Crippen LogP contribution in [0.2, 0.25) is 0 Å². The monoisotopic (exact) mass is 262 g/mol. The number of carbonyl (C=O) groups excluding carboxylic acids is 1. The van der Waals surface area contributed by atoms with Gasteiger partial charge in [0.2, 0.25) is 0 Å². The van der Waals surface area contributed by atoms with Crippen LogP contribution in [0.25, 0.3) is 0 Å². The van der Waals surface area contributed by atoms with Crippen molar-refractivity contribution in [2.75, 3.05) is 5.43 Å². The van der Waals surface area contributed by atoms with Crippen LogP contribution in [0.4, 0.5) is 5.69 Å². The predicted molar refractivity (Wildman–Crippen MR) is 75.6 cm³/mol. The van der Waals surface area contributed by atoms with Gasteiger partial charge in [0.25, 0.3) is 5.91 Å². The summed E-state index contributed by atoms with van der Waals surface area (Å²) in [5, 5.41) is 3.05. The molecule has 4 N–H and O–H groups in total. The maximum Gasteiger partial charge on any atom is 0.270 e. The zero-order chi connectivity index (χ0) is 13.7. The molecule has 1 unspecified atom stereocenters. The molecule has 19 heavy (non-hydrogen) atoms. The van der Waals surface area contributed by atoms with Gasteiger partial charge in [0.15, 0.2) is 0 Å². The first-order valence-corrected chi connectivity index (χ1v) is 6.94. The number of nitrogens with zero attached hydrogens (tertiary/aromatic N) is 1. The van der Waals surface area contributed by atoms with Gasteiger partial charge in [0.05, 0.1) is 11.9 Å². The molecule has 0 aliphatic heterocycles. The molecular weight excluding hydrogens is 240 g/mol. The molecule has 1 atom stereocenters. The Hall–Kier alpha value is -1.62. The van der Waals surface area contributed by atoms with Gasteiger partial charge in [-0.2, -0.15) is 0 Å². The number of nitrogen functional groups attached to an aromatic ring is 1. The molecule has 1 aromatic rings. The molecular formula is C14H22N4O. The molecule has 0 bridgehead atoms. The molecule has 0 spiro atoms. The first-order chi connectivity index (χ1) is 9.20. The largest absolute Gasteiger partial charge is 0.348 e. The molecule has 5 nitrogen and oxygen atoms in total. The minimum Gasteiger partial charge on any atom is -0.348 e. The summed E-state index contributed by atoms with van der Waals surface area (Å²) in [4.78, 5) is 16.2. The number of nitrogens with one attached hydrogen (secondary N) is 2. The molecule has 104 valence electrons. The summed E-state index contributed by atoms with van der Waals surface area (Å²) < 4.78 is 0. The SMILES string of the molecule is CC(NC(=O)c1ccc(NN)cn1)C1CCCCC1. The number of nitrogens with two attached hydrogens (primary N) is 1. The number of amides is 1. The maximum atomic E-state index is 12.1. The highest BCUT2D eigenvalue weighted by Crippen LogP contribution is 2.26. The third-order valence-corrected chi connectivity index (χ3v) is 3.88. The van der Waals surface area contributed by atoms with Crippen LogP contribution < -0.4 is 16.6 Å². The summed E-state index contributed by atoms with van der Waals surface area (Å²) in [7, 11) is 0. The van der Waals surface area contributed by atoms with E-state index in [1.807, 2.05) is 0 Å². The van der Waals surface area contributed by atoms with E-state index < -0.39 is 0 Å². The van der Waals surface area contributed by atoms with Gasteiger partial charge in [-0.25, -0.2) is 4.98 Å². The fourth-order valence-electron chi connectivity index (χ4n) is 2.65. The minimum absolute atomic E-state index is 0.110. The molecule has 1 amide bonds. The van der Waals surface area contributed by atoms with Gasteiger partial charge in [-0.15, -0.1) is 0 Å². The summed E-state index contributed by atoms with van der Waals surface area (Å²) >= 11 is 0. The molecule has 1 aliphatic rings. The summed E-state index contributed by atoms with van der Waals surface area (Å²) in [5.74, 6) is 5.75. The van der Waals surface area contributed by atoms with E-state index in [1.54, 1.807) is 18.3 Å². The molecule has 1 aliphatic carbocycles. The average Bonchev–Trinajstić information content (AvgIpc) is 2.48. The van der Waals surface area contributed by atoms with Crippen LogP contribution in [-0.4, -0.2) is 16.9 Å². The molecule has 1 saturated carbocycles. The lowest BCUT2D eigenvalue weighted by atomic mass is 9.84. The van der Waals surface area contributed by atoms with Gasteiger partial charge in [0.1, 0.15) is 5.69 Å². The van der Waals surface area contributed by atoms with Crippen LogP contribution in [-0.2, 0) is 0 Å². The van der Waals surface area contributed by atoms with Crippen molar-refractivity contribution in [3.05, 3.63) is 24.0 Å². The van der Waals surface area contributed by atoms with E-state index in [9.17, 15) is 4.79 Å². The number of hydrogen-bond acceptors (Lipinski definition) is 4. The fourth-order valence-corrected chi connectivity index (χ4v) is 2.65. The van der Waals surface area contributed by atoms with Gasteiger partial charge in [-0.1, -0.05) is 19.3 Å². The Morgan fingerprint density at radius 3 is 2.68 bits per heavy atom. The second-order valence-corrected chi connectivity index (χ2v) is 5.24. The van der Waals surface area contributed by atoms with E-state index in [0.29, 0.717) is 17.3 Å². The van der Waals surface area contributed by atoms with Gasteiger partial charge in [-0.05, 0) is 37.8 Å². The Bertz CT molecular complexity index is 412. The van der Waals surface area contributed by atoms with E-state index in [0.717, 1.165) is 0 Å². The number of hydrogen-bond donors (Lipinski definition) is 3. The van der Waals surface area contributed by atoms with Crippen molar-refractivity contribution >= 4 is 11.6 Å². The number of pyridine rings is 1. The number of anilines is 1. The first-order valence-electron chi connectivity index (χ1n) is 6.94. The van der Waals surface area contributed by atoms with Crippen LogP contribution >= 0.6 is 0 Å². The number of carbonyl (C=O) groups is 1. The topological polar surface area (TPSA) is 80.0 Å². The summed E-state index contributed by atoms with van der Waals surface area (Å²) in [6.07, 6.45) is 7.86. The molecule has 5 heteroatoms. The van der Waals surface area contributed by atoms with Gasteiger partial charge in [-0.3, -0.25) is 10.6 Å². The molecule has 1 aromatic heterocycles. The lowest BCUT2D eigenvalue weighted by molar-refractivity contribution is 0.0914. The average molecular weight is 262 g/mol. The third-order valence-electron chi connectivity index (χ3n) is 3.88. The molecule has 2 rings (SSSR count). The van der Waals surface area contributed by atoms with E-state index in [1.165, 1.54) is 32.1 Å². The highest BCUT2D eigenvalue weighted by Gasteiger charge is 2.22. The summed E-state index contributed by atoms with van der Waals surface area (Å²) in [6.45, 7) is 2.09. The van der Waals surface area contributed by atoms with Gasteiger partial charge < -0.3 is 10.7 Å². The van der Waals surface area contributed by atoms with Crippen molar-refractivity contribution in [3.8, 4) is 0 Å². The Balaban J connectivity index is 1.91. The Kier molecular flexibility index (Phi) is 4.74. The smallest absolute Gasteiger partial charge is 0.270 e. The summed E-state index contributed by atoms with van der Waals surface area (Å²) in [6, 6.07) is 3.63. The van der Waals surface area contributed by atoms with Crippen molar-refractivity contribution < 1.29 is 4.79 Å². The van der Waals surface area contributed by atoms with Crippen LogP contribution in [0.1, 0.15) is 49.5 Å². The number of hydrazine groups is 1. The second kappa shape index (κ2) is 6.52. The van der Waals surface area contributed by atoms with Gasteiger partial charge in [0, 0.05) is 6.04 Å². The van der Waals surface area contributed by atoms with Crippen LogP contribution in [0.15, 0.2) is 18.3 Å². The van der Waals surface area contributed by atoms with Crippen molar-refractivity contribution in [1.29, 1.82) is 0 Å². The number of rotatable bonds is 4. The highest BCUT2D eigenvalue weighted by molar-refractivity contribution is 5.92. The molecule has 0 saturated heterocycles. The van der Waals surface area contributed by atoms with Crippen molar-refractivity contribution in [3.63, 3.8) is 0 Å². The quantitative estimate of drug-likeness (QED) is 0.573. The van der Waals surface area contributed by atoms with E-state index >= 15 is 0 Å². The summed E-state index contributed by atoms with van der Waals surface area (Å²) in [5.41, 5.74) is 3.62. The zero-order valence-corrected chi connectivity index (χ0v) is 11.4. The Morgan fingerprint density at radius 2 is 2.11 bits per heavy atom. The second-order valence-electron chi connectivity index (χ2n) is 5.24. The standard InChI is InChI=1S/C14H22N4O/c1-10(11-5-3-2-4-6-11)17-14(19)13-8-7-12(18-15)9-16-13/h7-11,18H,2-6,15H2,1H3,(H,17,19). The van der Waals surface area contributed by atoms with E-state index in [2.05, 4.69) is 22.7 Å². The van der Waals surface area contributed by atoms with Crippen LogP contribution in [0, 0.1) is 5.92 Å². The third kappa shape index (κ3) is 3.67. The van der Waals surface area contributed by atoms with Crippen molar-refractivity contribution in [1.82, 2.24) is 10.3 Å². The Labute approximate surface area is 114 Å². The van der Waals surface area contributed by atoms with E-state index in [-0.39, 0.29) is 11.9 Å². The zero-order valence-electron chi connectivity index (χ0n) is 11.4. The first kappa shape index (κ1) is 13.8. The predicted octanol–water partition coefficient (Wildman–Crippen LogP) is 2.07. The van der Waals surface area contributed by atoms with Crippen LogP contribution in [0.3, 0.4) is 0 Å².